The largest absolute Gasteiger partial charge is 0.300 e. The predicted molar refractivity (Wildman–Crippen MR) is 85.0 cm³/mol. The Bertz CT molecular complexity index is 815. The third kappa shape index (κ3) is 3.07. The molecular formula is C17H10FNO3S. The third-order valence-electron chi connectivity index (χ3n) is 3.19. The molecule has 1 fully saturated rings. The second-order valence-electron chi connectivity index (χ2n) is 4.74. The Hall–Kier alpha value is -2.73. The molecule has 0 aromatic heterocycles. The van der Waals surface area contributed by atoms with Crippen LogP contribution in [0, 0.1) is 5.82 Å². The number of thioether (sulfide) groups is 1. The van der Waals surface area contributed by atoms with E-state index in [-0.39, 0.29) is 10.5 Å². The van der Waals surface area contributed by atoms with Crippen LogP contribution in [0.3, 0.4) is 0 Å². The smallest absolute Gasteiger partial charge is 0.268 e. The van der Waals surface area contributed by atoms with E-state index in [1.807, 2.05) is 6.07 Å². The summed E-state index contributed by atoms with van der Waals surface area (Å²) in [7, 11) is 0. The molecule has 0 saturated carbocycles. The highest BCUT2D eigenvalue weighted by atomic mass is 32.2. The summed E-state index contributed by atoms with van der Waals surface area (Å²) in [6.45, 7) is 0. The van der Waals surface area contributed by atoms with Gasteiger partial charge in [0.15, 0.2) is 0 Å². The van der Waals surface area contributed by atoms with Crippen molar-refractivity contribution in [3.63, 3.8) is 0 Å². The topological polar surface area (TPSA) is 54.5 Å². The van der Waals surface area contributed by atoms with Gasteiger partial charge in [-0.2, -0.15) is 0 Å². The first-order valence-corrected chi connectivity index (χ1v) is 7.51. The minimum Gasteiger partial charge on any atom is -0.268 e. The van der Waals surface area contributed by atoms with E-state index in [1.165, 1.54) is 12.1 Å². The van der Waals surface area contributed by atoms with E-state index in [9.17, 15) is 18.8 Å². The van der Waals surface area contributed by atoms with Crippen LogP contribution in [0.1, 0.15) is 15.9 Å². The third-order valence-corrected chi connectivity index (χ3v) is 4.05. The molecule has 2 aromatic carbocycles. The van der Waals surface area contributed by atoms with Crippen LogP contribution in [-0.2, 0) is 4.79 Å². The second-order valence-corrected chi connectivity index (χ2v) is 5.73. The van der Waals surface area contributed by atoms with Crippen LogP contribution in [0.4, 0.5) is 9.18 Å². The van der Waals surface area contributed by atoms with Crippen molar-refractivity contribution in [2.45, 2.75) is 0 Å². The van der Waals surface area contributed by atoms with E-state index >= 15 is 0 Å². The number of amides is 3. The highest BCUT2D eigenvalue weighted by Crippen LogP contribution is 2.33. The molecule has 0 unspecified atom stereocenters. The van der Waals surface area contributed by atoms with E-state index in [4.69, 9.17) is 0 Å². The molecule has 1 aliphatic heterocycles. The zero-order valence-electron chi connectivity index (χ0n) is 11.7. The Morgan fingerprint density at radius 2 is 1.65 bits per heavy atom. The zero-order chi connectivity index (χ0) is 16.4. The first-order valence-electron chi connectivity index (χ1n) is 6.69. The Balaban J connectivity index is 1.88. The van der Waals surface area contributed by atoms with Gasteiger partial charge in [-0.3, -0.25) is 14.4 Å². The Morgan fingerprint density at radius 1 is 1.00 bits per heavy atom. The molecule has 6 heteroatoms. The number of benzene rings is 2. The number of imide groups is 3. The molecule has 23 heavy (non-hydrogen) atoms. The molecule has 114 valence electrons. The van der Waals surface area contributed by atoms with Gasteiger partial charge in [0.25, 0.3) is 11.8 Å². The van der Waals surface area contributed by atoms with Crippen LogP contribution in [0.5, 0.6) is 0 Å². The van der Waals surface area contributed by atoms with Crippen molar-refractivity contribution in [3.05, 3.63) is 76.4 Å². The van der Waals surface area contributed by atoms with Crippen molar-refractivity contribution in [1.82, 2.24) is 4.90 Å². The van der Waals surface area contributed by atoms with E-state index in [0.29, 0.717) is 16.7 Å². The van der Waals surface area contributed by atoms with Gasteiger partial charge < -0.3 is 0 Å². The lowest BCUT2D eigenvalue weighted by Crippen LogP contribution is -2.34. The number of hydrogen-bond acceptors (Lipinski definition) is 4. The number of halogens is 1. The first-order chi connectivity index (χ1) is 11.1. The predicted octanol–water partition coefficient (Wildman–Crippen LogP) is 3.70. The van der Waals surface area contributed by atoms with Gasteiger partial charge in [0, 0.05) is 5.56 Å². The molecule has 0 atom stereocenters. The van der Waals surface area contributed by atoms with Crippen molar-refractivity contribution >= 4 is 34.9 Å². The average molecular weight is 327 g/mol. The van der Waals surface area contributed by atoms with Gasteiger partial charge in [0.2, 0.25) is 0 Å². The lowest BCUT2D eigenvalue weighted by Gasteiger charge is -2.10. The lowest BCUT2D eigenvalue weighted by atomic mass is 10.2. The lowest BCUT2D eigenvalue weighted by molar-refractivity contribution is -0.120. The molecule has 1 saturated heterocycles. The fourth-order valence-electron chi connectivity index (χ4n) is 2.07. The van der Waals surface area contributed by atoms with Crippen molar-refractivity contribution in [1.29, 1.82) is 0 Å². The molecule has 4 nitrogen and oxygen atoms in total. The molecule has 0 N–H and O–H groups in total. The SMILES string of the molecule is O=C1SC(=Cc2ccccc2)C(=O)N1C(=O)c1ccc(F)cc1. The van der Waals surface area contributed by atoms with Crippen molar-refractivity contribution < 1.29 is 18.8 Å². The van der Waals surface area contributed by atoms with E-state index in [1.54, 1.807) is 30.3 Å². The van der Waals surface area contributed by atoms with Gasteiger partial charge in [0.05, 0.1) is 4.91 Å². The summed E-state index contributed by atoms with van der Waals surface area (Å²) in [4.78, 5) is 37.4. The molecule has 3 rings (SSSR count). The quantitative estimate of drug-likeness (QED) is 0.623. The molecule has 1 aliphatic rings. The number of carbonyl (C=O) groups is 3. The van der Waals surface area contributed by atoms with Crippen LogP contribution < -0.4 is 0 Å². The van der Waals surface area contributed by atoms with Crippen LogP contribution in [0.25, 0.3) is 6.08 Å². The van der Waals surface area contributed by atoms with Gasteiger partial charge in [-0.25, -0.2) is 9.29 Å². The second kappa shape index (κ2) is 6.18. The van der Waals surface area contributed by atoms with Crippen LogP contribution in [-0.4, -0.2) is 22.0 Å². The first kappa shape index (κ1) is 15.2. The molecule has 0 bridgehead atoms. The van der Waals surface area contributed by atoms with Crippen LogP contribution >= 0.6 is 11.8 Å². The molecular weight excluding hydrogens is 317 g/mol. The normalized spacial score (nSPS) is 16.2. The molecule has 0 aliphatic carbocycles. The molecule has 0 spiro atoms. The van der Waals surface area contributed by atoms with E-state index in [0.717, 1.165) is 17.7 Å². The zero-order valence-corrected chi connectivity index (χ0v) is 12.5. The standard InChI is InChI=1S/C17H10FNO3S/c18-13-8-6-12(7-9-13)15(20)19-16(21)14(23-17(19)22)10-11-4-2-1-3-5-11/h1-10H. The Labute approximate surface area is 135 Å². The molecule has 1 heterocycles. The van der Waals surface area contributed by atoms with Gasteiger partial charge in [-0.15, -0.1) is 0 Å². The maximum absolute atomic E-state index is 12.9. The fraction of sp³-hybridized carbons (Fsp3) is 0. The molecule has 0 radical (unpaired) electrons. The number of hydrogen-bond donors (Lipinski definition) is 0. The van der Waals surface area contributed by atoms with E-state index < -0.39 is 22.9 Å². The number of nitrogens with zero attached hydrogens (tertiary/aromatic N) is 1. The maximum Gasteiger partial charge on any atom is 0.300 e. The fourth-order valence-corrected chi connectivity index (χ4v) is 2.88. The van der Waals surface area contributed by atoms with Gasteiger partial charge in [-0.05, 0) is 47.7 Å². The summed E-state index contributed by atoms with van der Waals surface area (Å²) >= 11 is 0.706. The Kier molecular flexibility index (Phi) is 4.08. The highest BCUT2D eigenvalue weighted by Gasteiger charge is 2.40. The van der Waals surface area contributed by atoms with Crippen molar-refractivity contribution in [2.75, 3.05) is 0 Å². The number of rotatable bonds is 2. The minimum absolute atomic E-state index is 0.0784. The summed E-state index contributed by atoms with van der Waals surface area (Å²) in [5.74, 6) is -1.93. The van der Waals surface area contributed by atoms with Crippen molar-refractivity contribution in [2.24, 2.45) is 0 Å². The van der Waals surface area contributed by atoms with Gasteiger partial charge in [0.1, 0.15) is 5.82 Å². The summed E-state index contributed by atoms with van der Waals surface area (Å²) < 4.78 is 12.9. The molecule has 2 aromatic rings. The van der Waals surface area contributed by atoms with E-state index in [2.05, 4.69) is 0 Å². The summed E-state index contributed by atoms with van der Waals surface area (Å²) in [5.41, 5.74) is 0.835. The summed E-state index contributed by atoms with van der Waals surface area (Å²) in [6, 6.07) is 13.7. The minimum atomic E-state index is -0.760. The highest BCUT2D eigenvalue weighted by molar-refractivity contribution is 8.18. The van der Waals surface area contributed by atoms with Gasteiger partial charge in [-0.1, -0.05) is 30.3 Å². The van der Waals surface area contributed by atoms with Crippen LogP contribution in [0.15, 0.2) is 59.5 Å². The average Bonchev–Trinajstić information content (AvgIpc) is 2.82. The number of carbonyl (C=O) groups excluding carboxylic acids is 3. The molecule has 3 amide bonds. The Morgan fingerprint density at radius 3 is 2.30 bits per heavy atom. The summed E-state index contributed by atoms with van der Waals surface area (Å²) in [5, 5.41) is -0.661. The van der Waals surface area contributed by atoms with Crippen LogP contribution in [0.2, 0.25) is 0 Å². The summed E-state index contributed by atoms with van der Waals surface area (Å²) in [6.07, 6.45) is 1.56. The monoisotopic (exact) mass is 327 g/mol. The van der Waals surface area contributed by atoms with Crippen molar-refractivity contribution in [3.8, 4) is 0 Å². The maximum atomic E-state index is 12.9. The van der Waals surface area contributed by atoms with Gasteiger partial charge >= 0.3 is 5.24 Å².